The third kappa shape index (κ3) is 1.63. The third-order valence-electron chi connectivity index (χ3n) is 1.25. The van der Waals surface area contributed by atoms with Crippen molar-refractivity contribution in [3.8, 4) is 0 Å². The van der Waals surface area contributed by atoms with Crippen LogP contribution in [0.5, 0.6) is 0 Å². The van der Waals surface area contributed by atoms with Crippen LogP contribution in [0.1, 0.15) is 19.2 Å². The van der Waals surface area contributed by atoms with Crippen molar-refractivity contribution in [3.63, 3.8) is 0 Å². The fraction of sp³-hybridized carbons (Fsp3) is 0.286. The molecular formula is C7H8F2N2. The van der Waals surface area contributed by atoms with Gasteiger partial charge in [0.15, 0.2) is 0 Å². The smallest absolute Gasteiger partial charge is 0.211 e. The Bertz CT molecular complexity index is 265. The molecule has 0 spiro atoms. The number of hydrogen-bond acceptors (Lipinski definition) is 1. The van der Waals surface area contributed by atoms with E-state index in [4.69, 9.17) is 0 Å². The minimum Gasteiger partial charge on any atom is -0.211 e. The number of aromatic nitrogens is 2. The van der Waals surface area contributed by atoms with Crippen molar-refractivity contribution in [3.05, 3.63) is 24.5 Å². The molecule has 1 heterocycles. The Morgan fingerprint density at radius 2 is 2.36 bits per heavy atom. The summed E-state index contributed by atoms with van der Waals surface area (Å²) in [6.07, 6.45) is 1.23. The molecule has 0 aliphatic carbocycles. The Balaban J connectivity index is 2.90. The summed E-state index contributed by atoms with van der Waals surface area (Å²) in [6, 6.07) is 1.51. The first kappa shape index (κ1) is 7.91. The Morgan fingerprint density at radius 3 is 2.64 bits per heavy atom. The van der Waals surface area contributed by atoms with E-state index < -0.39 is 6.55 Å². The molecule has 0 amide bonds. The topological polar surface area (TPSA) is 17.8 Å². The molecule has 2 nitrogen and oxygen atoms in total. The van der Waals surface area contributed by atoms with Gasteiger partial charge in [-0.3, -0.25) is 0 Å². The minimum atomic E-state index is -2.57. The van der Waals surface area contributed by atoms with Crippen LogP contribution in [0.15, 0.2) is 18.8 Å². The van der Waals surface area contributed by atoms with Gasteiger partial charge >= 0.3 is 6.55 Å². The Labute approximate surface area is 63.1 Å². The molecule has 0 saturated carbocycles. The van der Waals surface area contributed by atoms with Gasteiger partial charge in [-0.15, -0.1) is 0 Å². The SMILES string of the molecule is C=C(C)c1ccn(C(F)F)n1. The zero-order chi connectivity index (χ0) is 8.43. The Morgan fingerprint density at radius 1 is 1.73 bits per heavy atom. The van der Waals surface area contributed by atoms with Crippen LogP contribution in [0, 0.1) is 0 Å². The highest BCUT2D eigenvalue weighted by atomic mass is 19.3. The molecule has 0 radical (unpaired) electrons. The Hall–Kier alpha value is -1.19. The fourth-order valence-electron chi connectivity index (χ4n) is 0.674. The van der Waals surface area contributed by atoms with E-state index in [0.29, 0.717) is 15.9 Å². The molecule has 60 valence electrons. The number of nitrogens with zero attached hydrogens (tertiary/aromatic N) is 2. The average molecular weight is 158 g/mol. The minimum absolute atomic E-state index is 0.505. The first-order valence-electron chi connectivity index (χ1n) is 3.10. The molecule has 1 aromatic heterocycles. The lowest BCUT2D eigenvalue weighted by Gasteiger charge is -1.96. The van der Waals surface area contributed by atoms with Crippen LogP contribution in [0.25, 0.3) is 5.57 Å². The molecule has 0 atom stereocenters. The number of hydrogen-bond donors (Lipinski definition) is 0. The van der Waals surface area contributed by atoms with Crippen molar-refractivity contribution in [2.45, 2.75) is 13.5 Å². The summed E-state index contributed by atoms with van der Waals surface area (Å²) >= 11 is 0. The van der Waals surface area contributed by atoms with Gasteiger partial charge in [0.2, 0.25) is 0 Å². The maximum atomic E-state index is 11.9. The summed E-state index contributed by atoms with van der Waals surface area (Å²) in [5, 5.41) is 3.58. The van der Waals surface area contributed by atoms with Gasteiger partial charge in [0, 0.05) is 6.20 Å². The molecule has 0 N–H and O–H groups in total. The second-order valence-corrected chi connectivity index (χ2v) is 2.24. The third-order valence-corrected chi connectivity index (χ3v) is 1.25. The van der Waals surface area contributed by atoms with Crippen LogP contribution in [-0.2, 0) is 0 Å². The van der Waals surface area contributed by atoms with Gasteiger partial charge in [0.1, 0.15) is 0 Å². The lowest BCUT2D eigenvalue weighted by Crippen LogP contribution is -1.98. The molecule has 11 heavy (non-hydrogen) atoms. The van der Waals surface area contributed by atoms with Crippen molar-refractivity contribution in [2.75, 3.05) is 0 Å². The maximum Gasteiger partial charge on any atom is 0.333 e. The van der Waals surface area contributed by atoms with Gasteiger partial charge in [0.25, 0.3) is 0 Å². The van der Waals surface area contributed by atoms with Gasteiger partial charge in [0.05, 0.1) is 5.69 Å². The fourth-order valence-corrected chi connectivity index (χ4v) is 0.674. The Kier molecular flexibility index (Phi) is 2.03. The standard InChI is InChI=1S/C7H8F2N2/c1-5(2)6-3-4-11(10-6)7(8)9/h3-4,7H,1H2,2H3. The second-order valence-electron chi connectivity index (χ2n) is 2.24. The second kappa shape index (κ2) is 2.82. The number of rotatable bonds is 2. The predicted molar refractivity (Wildman–Crippen MR) is 38.2 cm³/mol. The monoisotopic (exact) mass is 158 g/mol. The van der Waals surface area contributed by atoms with E-state index in [9.17, 15) is 8.78 Å². The van der Waals surface area contributed by atoms with Gasteiger partial charge in [-0.2, -0.15) is 13.9 Å². The van der Waals surface area contributed by atoms with Crippen LogP contribution in [0.4, 0.5) is 8.78 Å². The molecule has 1 aromatic rings. The summed E-state index contributed by atoms with van der Waals surface area (Å²) in [4.78, 5) is 0. The lowest BCUT2D eigenvalue weighted by atomic mass is 10.3. The van der Waals surface area contributed by atoms with Crippen molar-refractivity contribution in [1.82, 2.24) is 9.78 Å². The van der Waals surface area contributed by atoms with Crippen molar-refractivity contribution in [1.29, 1.82) is 0 Å². The lowest BCUT2D eigenvalue weighted by molar-refractivity contribution is 0.0565. The molecule has 0 bridgehead atoms. The van der Waals surface area contributed by atoms with E-state index in [-0.39, 0.29) is 0 Å². The molecule has 4 heteroatoms. The molecule has 0 saturated heterocycles. The van der Waals surface area contributed by atoms with Crippen molar-refractivity contribution >= 4 is 5.57 Å². The van der Waals surface area contributed by atoms with E-state index in [1.165, 1.54) is 12.3 Å². The summed E-state index contributed by atoms with van der Waals surface area (Å²) in [5.74, 6) is 0. The van der Waals surface area contributed by atoms with Gasteiger partial charge < -0.3 is 0 Å². The van der Waals surface area contributed by atoms with Crippen LogP contribution < -0.4 is 0 Å². The van der Waals surface area contributed by atoms with E-state index in [1.54, 1.807) is 6.92 Å². The average Bonchev–Trinajstić information content (AvgIpc) is 2.33. The summed E-state index contributed by atoms with van der Waals surface area (Å²) in [6.45, 7) is 2.73. The molecule has 0 fully saturated rings. The van der Waals surface area contributed by atoms with Crippen LogP contribution in [0.3, 0.4) is 0 Å². The zero-order valence-electron chi connectivity index (χ0n) is 6.09. The molecule has 0 aliphatic rings. The summed E-state index contributed by atoms with van der Waals surface area (Å²) < 4.78 is 24.4. The molecule has 0 aliphatic heterocycles. The zero-order valence-corrected chi connectivity index (χ0v) is 6.09. The van der Waals surface area contributed by atoms with Crippen molar-refractivity contribution < 1.29 is 8.78 Å². The first-order valence-corrected chi connectivity index (χ1v) is 3.10. The van der Waals surface area contributed by atoms with E-state index >= 15 is 0 Å². The highest BCUT2D eigenvalue weighted by molar-refractivity contribution is 5.56. The quantitative estimate of drug-likeness (QED) is 0.645. The number of halogens is 2. The van der Waals surface area contributed by atoms with Gasteiger partial charge in [-0.05, 0) is 18.6 Å². The summed E-state index contributed by atoms with van der Waals surface area (Å²) in [7, 11) is 0. The first-order chi connectivity index (χ1) is 5.11. The predicted octanol–water partition coefficient (Wildman–Crippen LogP) is 2.31. The maximum absolute atomic E-state index is 11.9. The van der Waals surface area contributed by atoms with Crippen LogP contribution >= 0.6 is 0 Å². The van der Waals surface area contributed by atoms with E-state index in [1.807, 2.05) is 0 Å². The molecule has 0 unspecified atom stereocenters. The molecular weight excluding hydrogens is 150 g/mol. The van der Waals surface area contributed by atoms with Crippen LogP contribution in [0.2, 0.25) is 0 Å². The largest absolute Gasteiger partial charge is 0.333 e. The normalized spacial score (nSPS) is 10.5. The number of alkyl halides is 2. The molecule has 0 aromatic carbocycles. The van der Waals surface area contributed by atoms with E-state index in [0.717, 1.165) is 0 Å². The highest BCUT2D eigenvalue weighted by Crippen LogP contribution is 2.12. The van der Waals surface area contributed by atoms with Gasteiger partial charge in [-0.1, -0.05) is 6.58 Å². The molecule has 1 rings (SSSR count). The van der Waals surface area contributed by atoms with E-state index in [2.05, 4.69) is 11.7 Å². The van der Waals surface area contributed by atoms with Crippen LogP contribution in [-0.4, -0.2) is 9.78 Å². The highest BCUT2D eigenvalue weighted by Gasteiger charge is 2.06. The van der Waals surface area contributed by atoms with Gasteiger partial charge in [-0.25, -0.2) is 4.68 Å². The van der Waals surface area contributed by atoms with Crippen molar-refractivity contribution in [2.24, 2.45) is 0 Å². The summed E-state index contributed by atoms with van der Waals surface area (Å²) in [5.41, 5.74) is 1.19. The number of allylic oxidation sites excluding steroid dienone is 1.